The molecule has 76 valence electrons. The van der Waals surface area contributed by atoms with Gasteiger partial charge in [-0.2, -0.15) is 4.98 Å². The maximum atomic E-state index is 12.6. The molecule has 0 aliphatic carbocycles. The predicted molar refractivity (Wildman–Crippen MR) is 52.3 cm³/mol. The molecular weight excluding hydrogens is 221 g/mol. The Bertz CT molecular complexity index is 493. The van der Waals surface area contributed by atoms with Crippen molar-refractivity contribution >= 4 is 17.9 Å². The molecule has 0 fully saturated rings. The summed E-state index contributed by atoms with van der Waals surface area (Å²) in [5.74, 6) is -0.119. The largest absolute Gasteiger partial charge is 0.427 e. The van der Waals surface area contributed by atoms with Crippen molar-refractivity contribution in [2.75, 3.05) is 0 Å². The fraction of sp³-hybridized carbons (Fsp3) is 0. The van der Waals surface area contributed by atoms with E-state index < -0.39 is 0 Å². The van der Waals surface area contributed by atoms with Gasteiger partial charge in [0.15, 0.2) is 17.7 Å². The summed E-state index contributed by atoms with van der Waals surface area (Å²) in [5, 5.41) is -0.114. The van der Waals surface area contributed by atoms with Crippen molar-refractivity contribution < 1.29 is 13.6 Å². The first-order valence-electron chi connectivity index (χ1n) is 4.08. The Balaban J connectivity index is 2.52. The summed E-state index contributed by atoms with van der Waals surface area (Å²) in [6, 6.07) is 5.50. The van der Waals surface area contributed by atoms with E-state index in [1.165, 1.54) is 24.3 Å². The topological polar surface area (TPSA) is 43.1 Å². The van der Waals surface area contributed by atoms with Crippen molar-refractivity contribution in [2.24, 2.45) is 0 Å². The molecule has 0 spiro atoms. The van der Waals surface area contributed by atoms with Crippen LogP contribution >= 0.6 is 11.6 Å². The number of nitrogens with zero attached hydrogens (tertiary/aromatic N) is 1. The number of halogens is 2. The zero-order valence-electron chi connectivity index (χ0n) is 7.41. The van der Waals surface area contributed by atoms with Crippen LogP contribution in [0.3, 0.4) is 0 Å². The molecule has 1 heterocycles. The van der Waals surface area contributed by atoms with E-state index in [4.69, 9.17) is 16.0 Å². The minimum Gasteiger partial charge on any atom is -0.427 e. The van der Waals surface area contributed by atoms with E-state index in [0.717, 1.165) is 0 Å². The second kappa shape index (κ2) is 3.82. The molecule has 0 aliphatic rings. The Hall–Kier alpha value is -1.68. The minimum atomic E-state index is -0.364. The van der Waals surface area contributed by atoms with Crippen LogP contribution in [0.15, 0.2) is 28.7 Å². The van der Waals surface area contributed by atoms with E-state index in [1.807, 2.05) is 0 Å². The monoisotopic (exact) mass is 225 g/mol. The molecule has 2 rings (SSSR count). The van der Waals surface area contributed by atoms with Crippen LogP contribution in [0.1, 0.15) is 10.5 Å². The van der Waals surface area contributed by atoms with Crippen LogP contribution in [-0.4, -0.2) is 11.3 Å². The summed E-state index contributed by atoms with van der Waals surface area (Å²) >= 11 is 5.51. The second-order valence-corrected chi connectivity index (χ2v) is 3.13. The van der Waals surface area contributed by atoms with Gasteiger partial charge in [-0.3, -0.25) is 4.79 Å². The SMILES string of the molecule is O=Cc1nc(Cl)oc1-c1ccc(F)cc1. The Morgan fingerprint density at radius 1 is 1.33 bits per heavy atom. The molecule has 0 unspecified atom stereocenters. The highest BCUT2D eigenvalue weighted by molar-refractivity contribution is 6.28. The van der Waals surface area contributed by atoms with Crippen LogP contribution < -0.4 is 0 Å². The lowest BCUT2D eigenvalue weighted by Gasteiger charge is -1.95. The first kappa shape index (κ1) is 9.86. The summed E-state index contributed by atoms with van der Waals surface area (Å²) in [6.07, 6.45) is 0.536. The van der Waals surface area contributed by atoms with Gasteiger partial charge in [-0.1, -0.05) is 0 Å². The smallest absolute Gasteiger partial charge is 0.293 e. The van der Waals surface area contributed by atoms with Gasteiger partial charge in [0, 0.05) is 5.56 Å². The lowest BCUT2D eigenvalue weighted by Crippen LogP contribution is -1.84. The zero-order valence-corrected chi connectivity index (χ0v) is 8.16. The van der Waals surface area contributed by atoms with Gasteiger partial charge in [0.2, 0.25) is 0 Å². The van der Waals surface area contributed by atoms with Crippen LogP contribution in [0.5, 0.6) is 0 Å². The first-order chi connectivity index (χ1) is 7.20. The van der Waals surface area contributed by atoms with E-state index >= 15 is 0 Å². The van der Waals surface area contributed by atoms with Gasteiger partial charge in [0.1, 0.15) is 5.82 Å². The van der Waals surface area contributed by atoms with Gasteiger partial charge in [-0.15, -0.1) is 0 Å². The fourth-order valence-electron chi connectivity index (χ4n) is 1.19. The molecule has 0 amide bonds. The van der Waals surface area contributed by atoms with E-state index in [2.05, 4.69) is 4.98 Å². The molecule has 0 atom stereocenters. The number of hydrogen-bond acceptors (Lipinski definition) is 3. The number of rotatable bonds is 2. The molecule has 0 radical (unpaired) electrons. The molecule has 5 heteroatoms. The maximum Gasteiger partial charge on any atom is 0.293 e. The third kappa shape index (κ3) is 1.89. The Labute approximate surface area is 89.5 Å². The fourth-order valence-corrected chi connectivity index (χ4v) is 1.36. The number of aromatic nitrogens is 1. The minimum absolute atomic E-state index is 0.103. The molecule has 0 N–H and O–H groups in total. The molecule has 15 heavy (non-hydrogen) atoms. The number of oxazole rings is 1. The van der Waals surface area contributed by atoms with Gasteiger partial charge < -0.3 is 4.42 Å². The summed E-state index contributed by atoms with van der Waals surface area (Å²) in [4.78, 5) is 14.3. The standard InChI is InChI=1S/C10H5ClFNO2/c11-10-13-8(5-14)9(15-10)6-1-3-7(12)4-2-6/h1-5H. The van der Waals surface area contributed by atoms with E-state index in [-0.39, 0.29) is 22.6 Å². The number of benzene rings is 1. The lowest BCUT2D eigenvalue weighted by atomic mass is 10.1. The molecule has 0 saturated heterocycles. The summed E-state index contributed by atoms with van der Waals surface area (Å²) in [6.45, 7) is 0. The van der Waals surface area contributed by atoms with Crippen LogP contribution in [0.25, 0.3) is 11.3 Å². The quantitative estimate of drug-likeness (QED) is 0.738. The van der Waals surface area contributed by atoms with Crippen molar-refractivity contribution in [3.8, 4) is 11.3 Å². The highest BCUT2D eigenvalue weighted by Crippen LogP contribution is 2.25. The number of carbonyl (C=O) groups is 1. The Morgan fingerprint density at radius 3 is 2.60 bits per heavy atom. The average Bonchev–Trinajstić information content (AvgIpc) is 2.61. The summed E-state index contributed by atoms with van der Waals surface area (Å²) in [7, 11) is 0. The highest BCUT2D eigenvalue weighted by Gasteiger charge is 2.13. The normalized spacial score (nSPS) is 10.3. The van der Waals surface area contributed by atoms with Gasteiger partial charge in [-0.05, 0) is 35.9 Å². The molecule has 3 nitrogen and oxygen atoms in total. The van der Waals surface area contributed by atoms with Gasteiger partial charge in [0.25, 0.3) is 5.35 Å². The van der Waals surface area contributed by atoms with Crippen LogP contribution in [-0.2, 0) is 0 Å². The zero-order chi connectivity index (χ0) is 10.8. The highest BCUT2D eigenvalue weighted by atomic mass is 35.5. The van der Waals surface area contributed by atoms with Crippen molar-refractivity contribution in [3.63, 3.8) is 0 Å². The molecule has 0 bridgehead atoms. The molecule has 1 aromatic carbocycles. The van der Waals surface area contributed by atoms with Crippen LogP contribution in [0.2, 0.25) is 5.35 Å². The predicted octanol–water partition coefficient (Wildman–Crippen LogP) is 2.95. The van der Waals surface area contributed by atoms with Crippen molar-refractivity contribution in [3.05, 3.63) is 41.1 Å². The maximum absolute atomic E-state index is 12.6. The van der Waals surface area contributed by atoms with Gasteiger partial charge >= 0.3 is 0 Å². The van der Waals surface area contributed by atoms with E-state index in [1.54, 1.807) is 0 Å². The van der Waals surface area contributed by atoms with Crippen molar-refractivity contribution in [1.29, 1.82) is 0 Å². The third-order valence-corrected chi connectivity index (χ3v) is 2.01. The van der Waals surface area contributed by atoms with E-state index in [0.29, 0.717) is 11.8 Å². The summed E-state index contributed by atoms with van der Waals surface area (Å²) in [5.41, 5.74) is 0.657. The van der Waals surface area contributed by atoms with Crippen LogP contribution in [0, 0.1) is 5.82 Å². The average molecular weight is 226 g/mol. The molecule has 0 aliphatic heterocycles. The second-order valence-electron chi connectivity index (χ2n) is 2.81. The van der Waals surface area contributed by atoms with Gasteiger partial charge in [-0.25, -0.2) is 4.39 Å². The third-order valence-electron chi connectivity index (χ3n) is 1.85. The van der Waals surface area contributed by atoms with E-state index in [9.17, 15) is 9.18 Å². The number of carbonyl (C=O) groups excluding carboxylic acids is 1. The molecule has 2 aromatic rings. The van der Waals surface area contributed by atoms with Crippen LogP contribution in [0.4, 0.5) is 4.39 Å². The van der Waals surface area contributed by atoms with Crippen molar-refractivity contribution in [1.82, 2.24) is 4.98 Å². The molecule has 0 saturated carbocycles. The summed E-state index contributed by atoms with van der Waals surface area (Å²) < 4.78 is 17.7. The van der Waals surface area contributed by atoms with Gasteiger partial charge in [0.05, 0.1) is 0 Å². The van der Waals surface area contributed by atoms with Crippen molar-refractivity contribution in [2.45, 2.75) is 0 Å². The molecular formula is C10H5ClFNO2. The first-order valence-corrected chi connectivity index (χ1v) is 4.46. The lowest BCUT2D eigenvalue weighted by molar-refractivity contribution is 0.112. The number of aldehydes is 1. The molecule has 1 aromatic heterocycles. The Kier molecular flexibility index (Phi) is 2.51. The Morgan fingerprint density at radius 2 is 2.00 bits per heavy atom. The number of hydrogen-bond donors (Lipinski definition) is 0.